The molecule has 0 aliphatic heterocycles. The molecule has 0 saturated heterocycles. The van der Waals surface area contributed by atoms with Crippen molar-refractivity contribution in [1.29, 1.82) is 0 Å². The van der Waals surface area contributed by atoms with Crippen LogP contribution in [-0.4, -0.2) is 18.1 Å². The van der Waals surface area contributed by atoms with E-state index in [1.165, 1.54) is 25.4 Å². The van der Waals surface area contributed by atoms with Gasteiger partial charge in [-0.25, -0.2) is 13.6 Å². The number of halogens is 2. The molecule has 1 heterocycles. The second-order valence-corrected chi connectivity index (χ2v) is 4.43. The summed E-state index contributed by atoms with van der Waals surface area (Å²) in [6, 6.07) is 4.98. The van der Waals surface area contributed by atoms with Crippen molar-refractivity contribution in [3.63, 3.8) is 0 Å². The number of ether oxygens (including phenoxy) is 1. The number of aryl methyl sites for hydroxylation is 1. The van der Waals surface area contributed by atoms with Gasteiger partial charge in [-0.05, 0) is 42.7 Å². The van der Waals surface area contributed by atoms with Crippen LogP contribution in [0, 0.1) is 18.6 Å². The Morgan fingerprint density at radius 3 is 2.45 bits per heavy atom. The van der Waals surface area contributed by atoms with Crippen molar-refractivity contribution >= 4 is 5.97 Å². The molecule has 0 aliphatic rings. The standard InChI is InChI=1S/C15H13F2NO2/c1-9-3-11(14(8-18-9)15(19)20-2)4-10-5-12(16)7-13(17)6-10/h3,5-8H,4H2,1-2H3. The highest BCUT2D eigenvalue weighted by atomic mass is 19.1. The molecule has 0 saturated carbocycles. The van der Waals surface area contributed by atoms with E-state index < -0.39 is 17.6 Å². The van der Waals surface area contributed by atoms with E-state index in [2.05, 4.69) is 9.72 Å². The van der Waals surface area contributed by atoms with Crippen LogP contribution in [0.4, 0.5) is 8.78 Å². The number of carbonyl (C=O) groups excluding carboxylic acids is 1. The van der Waals surface area contributed by atoms with Crippen LogP contribution in [0.1, 0.15) is 27.2 Å². The molecule has 0 fully saturated rings. The molecule has 0 bridgehead atoms. The molecule has 0 aliphatic carbocycles. The van der Waals surface area contributed by atoms with Crippen LogP contribution in [0.2, 0.25) is 0 Å². The highest BCUT2D eigenvalue weighted by Gasteiger charge is 2.14. The Labute approximate surface area is 115 Å². The quantitative estimate of drug-likeness (QED) is 0.809. The molecule has 3 nitrogen and oxygen atoms in total. The number of carbonyl (C=O) groups is 1. The topological polar surface area (TPSA) is 39.2 Å². The van der Waals surface area contributed by atoms with Gasteiger partial charge in [-0.2, -0.15) is 0 Å². The number of methoxy groups -OCH3 is 1. The third-order valence-electron chi connectivity index (χ3n) is 2.85. The average Bonchev–Trinajstić information content (AvgIpc) is 2.37. The molecule has 2 aromatic rings. The van der Waals surface area contributed by atoms with Gasteiger partial charge in [-0.15, -0.1) is 0 Å². The fourth-order valence-electron chi connectivity index (χ4n) is 1.99. The first-order valence-electron chi connectivity index (χ1n) is 5.98. The molecule has 20 heavy (non-hydrogen) atoms. The minimum Gasteiger partial charge on any atom is -0.465 e. The number of hydrogen-bond donors (Lipinski definition) is 0. The van der Waals surface area contributed by atoms with Crippen LogP contribution < -0.4 is 0 Å². The molecule has 0 atom stereocenters. The molecule has 5 heteroatoms. The van der Waals surface area contributed by atoms with Crippen LogP contribution in [0.5, 0.6) is 0 Å². The van der Waals surface area contributed by atoms with E-state index in [1.807, 2.05) is 0 Å². The van der Waals surface area contributed by atoms with E-state index in [0.29, 0.717) is 22.4 Å². The maximum absolute atomic E-state index is 13.2. The van der Waals surface area contributed by atoms with Gasteiger partial charge < -0.3 is 4.74 Å². The minimum atomic E-state index is -0.648. The summed E-state index contributed by atoms with van der Waals surface area (Å²) < 4.78 is 31.1. The molecule has 2 rings (SSSR count). The number of hydrogen-bond acceptors (Lipinski definition) is 3. The number of benzene rings is 1. The predicted molar refractivity (Wildman–Crippen MR) is 69.5 cm³/mol. The Kier molecular flexibility index (Phi) is 4.08. The molecule has 1 aromatic heterocycles. The lowest BCUT2D eigenvalue weighted by atomic mass is 10.0. The van der Waals surface area contributed by atoms with Crippen LogP contribution in [0.15, 0.2) is 30.5 Å². The van der Waals surface area contributed by atoms with Gasteiger partial charge in [0.1, 0.15) is 11.6 Å². The zero-order chi connectivity index (χ0) is 14.7. The van der Waals surface area contributed by atoms with Crippen molar-refractivity contribution in [2.45, 2.75) is 13.3 Å². The lowest BCUT2D eigenvalue weighted by molar-refractivity contribution is 0.0599. The normalized spacial score (nSPS) is 10.4. The van der Waals surface area contributed by atoms with Gasteiger partial charge in [0, 0.05) is 18.0 Å². The molecule has 104 valence electrons. The Morgan fingerprint density at radius 2 is 1.85 bits per heavy atom. The summed E-state index contributed by atoms with van der Waals surface area (Å²) in [6.45, 7) is 1.77. The fourth-order valence-corrected chi connectivity index (χ4v) is 1.99. The van der Waals surface area contributed by atoms with E-state index >= 15 is 0 Å². The summed E-state index contributed by atoms with van der Waals surface area (Å²) in [4.78, 5) is 15.7. The zero-order valence-electron chi connectivity index (χ0n) is 11.1. The molecule has 0 radical (unpaired) electrons. The van der Waals surface area contributed by atoms with E-state index in [0.717, 1.165) is 6.07 Å². The van der Waals surface area contributed by atoms with E-state index in [9.17, 15) is 13.6 Å². The summed E-state index contributed by atoms with van der Waals surface area (Å²) in [5.74, 6) is -1.82. The highest BCUT2D eigenvalue weighted by molar-refractivity contribution is 5.90. The van der Waals surface area contributed by atoms with E-state index in [4.69, 9.17) is 0 Å². The number of esters is 1. The SMILES string of the molecule is COC(=O)c1cnc(C)cc1Cc1cc(F)cc(F)c1. The van der Waals surface area contributed by atoms with Crippen molar-refractivity contribution in [2.24, 2.45) is 0 Å². The molecule has 0 amide bonds. The molecular formula is C15H13F2NO2. The third-order valence-corrected chi connectivity index (χ3v) is 2.85. The Morgan fingerprint density at radius 1 is 1.20 bits per heavy atom. The van der Waals surface area contributed by atoms with E-state index in [1.54, 1.807) is 13.0 Å². The van der Waals surface area contributed by atoms with Crippen molar-refractivity contribution in [2.75, 3.05) is 7.11 Å². The van der Waals surface area contributed by atoms with Crippen molar-refractivity contribution in [1.82, 2.24) is 4.98 Å². The van der Waals surface area contributed by atoms with Gasteiger partial charge in [0.2, 0.25) is 0 Å². The Hall–Kier alpha value is -2.30. The lowest BCUT2D eigenvalue weighted by Crippen LogP contribution is -2.08. The summed E-state index contributed by atoms with van der Waals surface area (Å²) in [6.07, 6.45) is 1.63. The largest absolute Gasteiger partial charge is 0.465 e. The first-order chi connectivity index (χ1) is 9.49. The fraction of sp³-hybridized carbons (Fsp3) is 0.200. The second kappa shape index (κ2) is 5.77. The summed E-state index contributed by atoms with van der Waals surface area (Å²) in [5, 5.41) is 0. The summed E-state index contributed by atoms with van der Waals surface area (Å²) in [5.41, 5.74) is 2.07. The maximum Gasteiger partial charge on any atom is 0.339 e. The molecule has 0 N–H and O–H groups in total. The van der Waals surface area contributed by atoms with Crippen LogP contribution in [-0.2, 0) is 11.2 Å². The third kappa shape index (κ3) is 3.17. The van der Waals surface area contributed by atoms with Gasteiger partial charge in [-0.1, -0.05) is 0 Å². The van der Waals surface area contributed by atoms with Gasteiger partial charge >= 0.3 is 5.97 Å². The van der Waals surface area contributed by atoms with Crippen molar-refractivity contribution in [3.8, 4) is 0 Å². The smallest absolute Gasteiger partial charge is 0.339 e. The second-order valence-electron chi connectivity index (χ2n) is 4.43. The predicted octanol–water partition coefficient (Wildman–Crippen LogP) is 3.05. The Bertz CT molecular complexity index is 636. The molecule has 0 unspecified atom stereocenters. The van der Waals surface area contributed by atoms with Gasteiger partial charge in [0.15, 0.2) is 0 Å². The summed E-state index contributed by atoms with van der Waals surface area (Å²) in [7, 11) is 1.27. The first-order valence-corrected chi connectivity index (χ1v) is 5.98. The van der Waals surface area contributed by atoms with Crippen LogP contribution >= 0.6 is 0 Å². The number of aromatic nitrogens is 1. The van der Waals surface area contributed by atoms with Gasteiger partial charge in [-0.3, -0.25) is 4.98 Å². The number of nitrogens with zero attached hydrogens (tertiary/aromatic N) is 1. The van der Waals surface area contributed by atoms with Crippen LogP contribution in [0.25, 0.3) is 0 Å². The monoisotopic (exact) mass is 277 g/mol. The minimum absolute atomic E-state index is 0.225. The average molecular weight is 277 g/mol. The number of rotatable bonds is 3. The molecule has 0 spiro atoms. The van der Waals surface area contributed by atoms with E-state index in [-0.39, 0.29) is 6.42 Å². The molecule has 1 aromatic carbocycles. The van der Waals surface area contributed by atoms with Gasteiger partial charge in [0.05, 0.1) is 12.7 Å². The number of pyridine rings is 1. The van der Waals surface area contributed by atoms with Crippen molar-refractivity contribution in [3.05, 3.63) is 64.5 Å². The Balaban J connectivity index is 2.41. The highest BCUT2D eigenvalue weighted by Crippen LogP contribution is 2.17. The summed E-state index contributed by atoms with van der Waals surface area (Å²) >= 11 is 0. The van der Waals surface area contributed by atoms with Crippen LogP contribution in [0.3, 0.4) is 0 Å². The first kappa shape index (κ1) is 14.1. The molecular weight excluding hydrogens is 264 g/mol. The van der Waals surface area contributed by atoms with Gasteiger partial charge in [0.25, 0.3) is 0 Å². The van der Waals surface area contributed by atoms with Crippen molar-refractivity contribution < 1.29 is 18.3 Å². The lowest BCUT2D eigenvalue weighted by Gasteiger charge is -2.09. The zero-order valence-corrected chi connectivity index (χ0v) is 11.1. The maximum atomic E-state index is 13.2.